The molecule has 7 nitrogen and oxygen atoms in total. The zero-order chi connectivity index (χ0) is 16.4. The van der Waals surface area contributed by atoms with Crippen LogP contribution >= 0.6 is 0 Å². The zero-order valence-electron chi connectivity index (χ0n) is 13.3. The van der Waals surface area contributed by atoms with Crippen LogP contribution in [-0.4, -0.2) is 38.4 Å². The number of aromatic nitrogens is 4. The third kappa shape index (κ3) is 3.13. The van der Waals surface area contributed by atoms with E-state index in [-0.39, 0.29) is 0 Å². The molecule has 1 aliphatic rings. The molecule has 0 aliphatic carbocycles. The average Bonchev–Trinajstić information content (AvgIpc) is 3.00. The second-order valence-corrected chi connectivity index (χ2v) is 5.89. The number of amides is 1. The highest BCUT2D eigenvalue weighted by atomic mass is 16.1. The molecule has 1 fully saturated rings. The van der Waals surface area contributed by atoms with Gasteiger partial charge in [0, 0.05) is 31.2 Å². The monoisotopic (exact) mass is 312 g/mol. The van der Waals surface area contributed by atoms with Crippen LogP contribution in [0.1, 0.15) is 38.3 Å². The predicted octanol–water partition coefficient (Wildman–Crippen LogP) is 1.51. The van der Waals surface area contributed by atoms with Crippen LogP contribution in [0.2, 0.25) is 0 Å². The highest BCUT2D eigenvalue weighted by molar-refractivity contribution is 5.81. The molecule has 7 heteroatoms. The fourth-order valence-corrected chi connectivity index (χ4v) is 2.71. The van der Waals surface area contributed by atoms with E-state index >= 15 is 0 Å². The van der Waals surface area contributed by atoms with Crippen LogP contribution in [0.25, 0.3) is 11.4 Å². The molecule has 1 saturated heterocycles. The van der Waals surface area contributed by atoms with Crippen molar-refractivity contribution in [2.45, 2.75) is 38.6 Å². The summed E-state index contributed by atoms with van der Waals surface area (Å²) in [4.78, 5) is 31.0. The topological polar surface area (TPSA) is 97.9 Å². The molecular weight excluding hydrogens is 292 g/mol. The van der Waals surface area contributed by atoms with E-state index in [0.29, 0.717) is 17.6 Å². The summed E-state index contributed by atoms with van der Waals surface area (Å²) in [6, 6.07) is 2.16. The smallest absolute Gasteiger partial charge is 0.226 e. The summed E-state index contributed by atoms with van der Waals surface area (Å²) in [6.07, 6.45) is 7.40. The molecule has 0 spiro atoms. The Morgan fingerprint density at radius 3 is 2.70 bits per heavy atom. The van der Waals surface area contributed by atoms with Crippen LogP contribution in [0.3, 0.4) is 0 Å². The van der Waals surface area contributed by atoms with Gasteiger partial charge in [-0.05, 0) is 32.8 Å². The lowest BCUT2D eigenvalue weighted by atomic mass is 10.1. The summed E-state index contributed by atoms with van der Waals surface area (Å²) >= 11 is 0. The lowest BCUT2D eigenvalue weighted by molar-refractivity contribution is -0.119. The number of primary amides is 1. The van der Waals surface area contributed by atoms with Gasteiger partial charge in [0.2, 0.25) is 11.9 Å². The molecular formula is C16H20N6O. The zero-order valence-corrected chi connectivity index (χ0v) is 13.3. The Bertz CT molecular complexity index is 702. The summed E-state index contributed by atoms with van der Waals surface area (Å²) in [5.41, 5.74) is 6.65. The van der Waals surface area contributed by atoms with Gasteiger partial charge in [-0.15, -0.1) is 0 Å². The van der Waals surface area contributed by atoms with Crippen molar-refractivity contribution in [3.8, 4) is 11.4 Å². The lowest BCUT2D eigenvalue weighted by Gasteiger charge is -2.20. The molecule has 3 heterocycles. The molecule has 3 rings (SSSR count). The number of carbonyl (C=O) groups excluding carboxylic acids is 1. The minimum Gasteiger partial charge on any atom is -0.369 e. The van der Waals surface area contributed by atoms with Crippen molar-refractivity contribution in [2.24, 2.45) is 5.73 Å². The van der Waals surface area contributed by atoms with E-state index < -0.39 is 11.8 Å². The summed E-state index contributed by atoms with van der Waals surface area (Å²) in [7, 11) is 0. The first kappa shape index (κ1) is 15.3. The second kappa shape index (κ2) is 6.28. The molecule has 1 amide bonds. The van der Waals surface area contributed by atoms with Gasteiger partial charge in [0.25, 0.3) is 0 Å². The third-order valence-corrected chi connectivity index (χ3v) is 4.25. The quantitative estimate of drug-likeness (QED) is 0.919. The van der Waals surface area contributed by atoms with E-state index in [9.17, 15) is 4.79 Å². The maximum absolute atomic E-state index is 11.3. The first-order valence-electron chi connectivity index (χ1n) is 7.77. The molecule has 2 aromatic rings. The van der Waals surface area contributed by atoms with Gasteiger partial charge >= 0.3 is 0 Å². The predicted molar refractivity (Wildman–Crippen MR) is 86.7 cm³/mol. The van der Waals surface area contributed by atoms with E-state index in [1.165, 1.54) is 12.8 Å². The van der Waals surface area contributed by atoms with Crippen LogP contribution in [0, 0.1) is 0 Å². The maximum Gasteiger partial charge on any atom is 0.226 e. The molecule has 23 heavy (non-hydrogen) atoms. The van der Waals surface area contributed by atoms with Crippen molar-refractivity contribution >= 4 is 11.9 Å². The summed E-state index contributed by atoms with van der Waals surface area (Å²) in [6.45, 7) is 4.90. The highest BCUT2D eigenvalue weighted by Gasteiger charge is 2.22. The molecule has 1 unspecified atom stereocenters. The average molecular weight is 312 g/mol. The maximum atomic E-state index is 11.3. The van der Waals surface area contributed by atoms with E-state index in [4.69, 9.17) is 5.73 Å². The SMILES string of the molecule is CC(C(N)=O)c1ccnc(-c2cnc(N3CCC[C@@H]3C)nc2)n1. The second-order valence-electron chi connectivity index (χ2n) is 5.89. The van der Waals surface area contributed by atoms with E-state index in [0.717, 1.165) is 18.1 Å². The van der Waals surface area contributed by atoms with Crippen LogP contribution in [0.4, 0.5) is 5.95 Å². The van der Waals surface area contributed by atoms with Crippen LogP contribution in [0.5, 0.6) is 0 Å². The first-order valence-corrected chi connectivity index (χ1v) is 7.77. The molecule has 2 atom stereocenters. The Labute approximate surface area is 135 Å². The summed E-state index contributed by atoms with van der Waals surface area (Å²) in [5.74, 6) is 0.365. The molecule has 2 aromatic heterocycles. The molecule has 120 valence electrons. The Kier molecular flexibility index (Phi) is 4.18. The normalized spacial score (nSPS) is 18.9. The van der Waals surface area contributed by atoms with Crippen molar-refractivity contribution < 1.29 is 4.79 Å². The van der Waals surface area contributed by atoms with Gasteiger partial charge in [-0.3, -0.25) is 4.79 Å². The van der Waals surface area contributed by atoms with Crippen LogP contribution in [-0.2, 0) is 4.79 Å². The Morgan fingerprint density at radius 2 is 2.09 bits per heavy atom. The minimum absolute atomic E-state index is 0.413. The first-order chi connectivity index (χ1) is 11.1. The van der Waals surface area contributed by atoms with Gasteiger partial charge in [0.15, 0.2) is 5.82 Å². The van der Waals surface area contributed by atoms with Crippen molar-refractivity contribution in [3.63, 3.8) is 0 Å². The van der Waals surface area contributed by atoms with Gasteiger partial charge < -0.3 is 10.6 Å². The number of nitrogens with zero attached hydrogens (tertiary/aromatic N) is 5. The number of carbonyl (C=O) groups is 1. The number of hydrogen-bond acceptors (Lipinski definition) is 6. The van der Waals surface area contributed by atoms with Crippen molar-refractivity contribution in [3.05, 3.63) is 30.4 Å². The van der Waals surface area contributed by atoms with E-state index in [1.54, 1.807) is 31.6 Å². The van der Waals surface area contributed by atoms with Gasteiger partial charge in [0.05, 0.1) is 17.2 Å². The largest absolute Gasteiger partial charge is 0.369 e. The van der Waals surface area contributed by atoms with Gasteiger partial charge in [0.1, 0.15) is 0 Å². The fourth-order valence-electron chi connectivity index (χ4n) is 2.71. The van der Waals surface area contributed by atoms with Crippen molar-refractivity contribution in [1.82, 2.24) is 19.9 Å². The van der Waals surface area contributed by atoms with Crippen molar-refractivity contribution in [2.75, 3.05) is 11.4 Å². The van der Waals surface area contributed by atoms with E-state index in [1.807, 2.05) is 0 Å². The Balaban J connectivity index is 1.85. The third-order valence-electron chi connectivity index (χ3n) is 4.25. The molecule has 0 bridgehead atoms. The fraction of sp³-hybridized carbons (Fsp3) is 0.438. The van der Waals surface area contributed by atoms with Gasteiger partial charge in [-0.2, -0.15) is 0 Å². The van der Waals surface area contributed by atoms with E-state index in [2.05, 4.69) is 31.8 Å². The highest BCUT2D eigenvalue weighted by Crippen LogP contribution is 2.23. The standard InChI is InChI=1S/C16H20N6O/c1-10-4-3-7-22(10)16-19-8-12(9-20-16)15-18-6-5-13(21-15)11(2)14(17)23/h5-6,8-11H,3-4,7H2,1-2H3,(H2,17,23)/t10-,11?/m0/s1. The summed E-state index contributed by atoms with van der Waals surface area (Å²) in [5, 5.41) is 0. The molecule has 0 radical (unpaired) electrons. The van der Waals surface area contributed by atoms with Crippen LogP contribution < -0.4 is 10.6 Å². The minimum atomic E-state index is -0.456. The van der Waals surface area contributed by atoms with Crippen molar-refractivity contribution in [1.29, 1.82) is 0 Å². The number of hydrogen-bond donors (Lipinski definition) is 1. The van der Waals surface area contributed by atoms with Gasteiger partial charge in [-0.25, -0.2) is 19.9 Å². The Hall–Kier alpha value is -2.57. The number of rotatable bonds is 4. The number of nitrogens with two attached hydrogens (primary N) is 1. The number of anilines is 1. The van der Waals surface area contributed by atoms with Gasteiger partial charge in [-0.1, -0.05) is 0 Å². The molecule has 2 N–H and O–H groups in total. The molecule has 0 saturated carbocycles. The lowest BCUT2D eigenvalue weighted by Crippen LogP contribution is -2.28. The Morgan fingerprint density at radius 1 is 1.35 bits per heavy atom. The van der Waals surface area contributed by atoms with Crippen LogP contribution in [0.15, 0.2) is 24.7 Å². The molecule has 0 aromatic carbocycles. The molecule has 1 aliphatic heterocycles. The summed E-state index contributed by atoms with van der Waals surface area (Å²) < 4.78 is 0.